The minimum atomic E-state index is -1.12. The van der Waals surface area contributed by atoms with E-state index in [2.05, 4.69) is 10.0 Å². The number of hydrogen-bond donors (Lipinski definition) is 0. The third-order valence-electron chi connectivity index (χ3n) is 1.93. The molecule has 0 unspecified atom stereocenters. The first-order valence-electron chi connectivity index (χ1n) is 3.91. The van der Waals surface area contributed by atoms with Crippen LogP contribution in [0.2, 0.25) is 0 Å². The summed E-state index contributed by atoms with van der Waals surface area (Å²) in [5, 5.41) is 13.6. The van der Waals surface area contributed by atoms with E-state index in [0.717, 1.165) is 11.6 Å². The van der Waals surface area contributed by atoms with E-state index in [1.807, 2.05) is 0 Å². The summed E-state index contributed by atoms with van der Waals surface area (Å²) >= 11 is 0. The van der Waals surface area contributed by atoms with Gasteiger partial charge in [0.25, 0.3) is 0 Å². The van der Waals surface area contributed by atoms with Crippen molar-refractivity contribution in [1.82, 2.24) is 9.13 Å². The van der Waals surface area contributed by atoms with E-state index < -0.39 is 27.7 Å². The molecule has 0 atom stereocenters. The van der Waals surface area contributed by atoms with E-state index >= 15 is 0 Å². The van der Waals surface area contributed by atoms with Gasteiger partial charge in [-0.25, -0.2) is 4.79 Å². The number of nitro groups is 1. The van der Waals surface area contributed by atoms with Crippen molar-refractivity contribution in [3.63, 3.8) is 0 Å². The molecular weight excluding hydrogens is 220 g/mol. The maximum absolute atomic E-state index is 11.4. The molecule has 0 spiro atoms. The van der Waals surface area contributed by atoms with Gasteiger partial charge in [0.1, 0.15) is 0 Å². The predicted octanol–water partition coefficient (Wildman–Crippen LogP) is -0.0660. The summed E-state index contributed by atoms with van der Waals surface area (Å²) in [7, 11) is 2.26. The van der Waals surface area contributed by atoms with Crippen molar-refractivity contribution in [2.24, 2.45) is 19.2 Å². The maximum atomic E-state index is 11.4. The Morgan fingerprint density at radius 1 is 1.38 bits per heavy atom. The predicted molar refractivity (Wildman–Crippen MR) is 52.4 cm³/mol. The standard InChI is InChI=1S/C6H6N6O4/c1-10-4(8-9-7)3(12(15)16)5(13)11(2)6(10)14/h1-2H3. The summed E-state index contributed by atoms with van der Waals surface area (Å²) in [4.78, 5) is 34.8. The monoisotopic (exact) mass is 226 g/mol. The number of azide groups is 1. The lowest BCUT2D eigenvalue weighted by Gasteiger charge is -2.04. The highest BCUT2D eigenvalue weighted by Gasteiger charge is 2.24. The summed E-state index contributed by atoms with van der Waals surface area (Å²) < 4.78 is 1.30. The van der Waals surface area contributed by atoms with Gasteiger partial charge in [0, 0.05) is 19.0 Å². The SMILES string of the molecule is Cn1c(N=[N+]=[N-])c([N+](=O)[O-])c(=O)n(C)c1=O. The first-order valence-corrected chi connectivity index (χ1v) is 3.91. The van der Waals surface area contributed by atoms with Crippen molar-refractivity contribution < 1.29 is 4.92 Å². The van der Waals surface area contributed by atoms with Gasteiger partial charge in [-0.3, -0.25) is 24.0 Å². The lowest BCUT2D eigenvalue weighted by atomic mass is 10.4. The van der Waals surface area contributed by atoms with Crippen molar-refractivity contribution in [3.8, 4) is 0 Å². The summed E-state index contributed by atoms with van der Waals surface area (Å²) in [5.41, 5.74) is 5.36. The molecule has 0 N–H and O–H groups in total. The largest absolute Gasteiger partial charge is 0.360 e. The quantitative estimate of drug-likeness (QED) is 0.229. The van der Waals surface area contributed by atoms with Gasteiger partial charge in [-0.15, -0.1) is 0 Å². The second-order valence-electron chi connectivity index (χ2n) is 2.82. The molecule has 84 valence electrons. The minimum Gasteiger partial charge on any atom is -0.289 e. The van der Waals surface area contributed by atoms with Crippen molar-refractivity contribution in [1.29, 1.82) is 0 Å². The van der Waals surface area contributed by atoms with E-state index in [4.69, 9.17) is 5.53 Å². The van der Waals surface area contributed by atoms with Crippen molar-refractivity contribution in [2.45, 2.75) is 0 Å². The third kappa shape index (κ3) is 1.53. The van der Waals surface area contributed by atoms with Crippen LogP contribution in [0.5, 0.6) is 0 Å². The summed E-state index contributed by atoms with van der Waals surface area (Å²) in [6.07, 6.45) is 0. The van der Waals surface area contributed by atoms with Crippen molar-refractivity contribution in [3.05, 3.63) is 41.4 Å². The Labute approximate surface area is 87.1 Å². The fraction of sp³-hybridized carbons (Fsp3) is 0.333. The lowest BCUT2D eigenvalue weighted by molar-refractivity contribution is -0.386. The van der Waals surface area contributed by atoms with Crippen LogP contribution in [0.3, 0.4) is 0 Å². The normalized spacial score (nSPS) is 9.62. The Bertz CT molecular complexity index is 619. The lowest BCUT2D eigenvalue weighted by Crippen LogP contribution is -2.37. The molecule has 0 radical (unpaired) electrons. The van der Waals surface area contributed by atoms with Crippen LogP contribution in [0.25, 0.3) is 10.4 Å². The molecule has 0 bridgehead atoms. The van der Waals surface area contributed by atoms with Crippen LogP contribution < -0.4 is 11.2 Å². The molecule has 1 heterocycles. The topological polar surface area (TPSA) is 136 Å². The zero-order chi connectivity index (χ0) is 12.5. The first kappa shape index (κ1) is 11.5. The van der Waals surface area contributed by atoms with Gasteiger partial charge in [0.2, 0.25) is 0 Å². The second kappa shape index (κ2) is 3.87. The van der Waals surface area contributed by atoms with Gasteiger partial charge in [-0.05, 0) is 10.6 Å². The molecule has 0 saturated heterocycles. The Balaban J connectivity index is 3.99. The molecule has 0 amide bonds. The molecule has 0 aliphatic rings. The Kier molecular flexibility index (Phi) is 2.77. The fourth-order valence-corrected chi connectivity index (χ4v) is 1.13. The Morgan fingerprint density at radius 3 is 2.38 bits per heavy atom. The molecule has 10 heteroatoms. The van der Waals surface area contributed by atoms with Crippen LogP contribution in [0.15, 0.2) is 14.7 Å². The Morgan fingerprint density at radius 2 is 1.94 bits per heavy atom. The molecule has 0 aliphatic carbocycles. The van der Waals surface area contributed by atoms with Gasteiger partial charge >= 0.3 is 16.9 Å². The van der Waals surface area contributed by atoms with Crippen LogP contribution in [0, 0.1) is 10.1 Å². The number of aromatic nitrogens is 2. The molecule has 10 nitrogen and oxygen atoms in total. The number of hydrogen-bond acceptors (Lipinski definition) is 5. The zero-order valence-electron chi connectivity index (χ0n) is 8.32. The van der Waals surface area contributed by atoms with Gasteiger partial charge in [0.05, 0.1) is 4.92 Å². The molecule has 1 aromatic heterocycles. The first-order chi connectivity index (χ1) is 7.41. The van der Waals surface area contributed by atoms with Crippen LogP contribution in [0.4, 0.5) is 11.5 Å². The summed E-state index contributed by atoms with van der Waals surface area (Å²) in [5.74, 6) is -0.611. The van der Waals surface area contributed by atoms with E-state index in [1.165, 1.54) is 7.05 Å². The van der Waals surface area contributed by atoms with Crippen LogP contribution in [-0.2, 0) is 14.1 Å². The number of nitrogens with zero attached hydrogens (tertiary/aromatic N) is 6. The molecule has 1 rings (SSSR count). The van der Waals surface area contributed by atoms with E-state index in [-0.39, 0.29) is 0 Å². The maximum Gasteiger partial charge on any atom is 0.360 e. The van der Waals surface area contributed by atoms with Crippen molar-refractivity contribution >= 4 is 11.5 Å². The van der Waals surface area contributed by atoms with Gasteiger partial charge < -0.3 is 0 Å². The van der Waals surface area contributed by atoms with Gasteiger partial charge in [-0.2, -0.15) is 0 Å². The average Bonchev–Trinajstić information content (AvgIpc) is 2.23. The summed E-state index contributed by atoms with van der Waals surface area (Å²) in [6.45, 7) is 0. The zero-order valence-corrected chi connectivity index (χ0v) is 8.32. The smallest absolute Gasteiger partial charge is 0.289 e. The van der Waals surface area contributed by atoms with Gasteiger partial charge in [-0.1, -0.05) is 0 Å². The fourth-order valence-electron chi connectivity index (χ4n) is 1.13. The Hall–Kier alpha value is -2.61. The molecule has 0 aliphatic heterocycles. The van der Waals surface area contributed by atoms with Crippen molar-refractivity contribution in [2.75, 3.05) is 0 Å². The van der Waals surface area contributed by atoms with E-state index in [0.29, 0.717) is 4.57 Å². The summed E-state index contributed by atoms with van der Waals surface area (Å²) in [6, 6.07) is 0. The number of rotatable bonds is 2. The highest BCUT2D eigenvalue weighted by atomic mass is 16.6. The van der Waals surface area contributed by atoms with E-state index in [9.17, 15) is 19.7 Å². The molecule has 0 saturated carbocycles. The molecule has 16 heavy (non-hydrogen) atoms. The second-order valence-corrected chi connectivity index (χ2v) is 2.82. The van der Waals surface area contributed by atoms with Crippen LogP contribution >= 0.6 is 0 Å². The molecular formula is C6H6N6O4. The molecule has 1 aromatic rings. The average molecular weight is 226 g/mol. The van der Waals surface area contributed by atoms with Crippen LogP contribution in [-0.4, -0.2) is 14.1 Å². The van der Waals surface area contributed by atoms with Crippen LogP contribution in [0.1, 0.15) is 0 Å². The molecule has 0 aromatic carbocycles. The molecule has 0 fully saturated rings. The van der Waals surface area contributed by atoms with E-state index in [1.54, 1.807) is 0 Å². The third-order valence-corrected chi connectivity index (χ3v) is 1.93. The highest BCUT2D eigenvalue weighted by molar-refractivity contribution is 5.49. The minimum absolute atomic E-state index is 0.564. The highest BCUT2D eigenvalue weighted by Crippen LogP contribution is 2.20. The van der Waals surface area contributed by atoms with Gasteiger partial charge in [0.15, 0.2) is 5.82 Å².